The summed E-state index contributed by atoms with van der Waals surface area (Å²) >= 11 is 0. The summed E-state index contributed by atoms with van der Waals surface area (Å²) in [5.74, 6) is -0.922. The highest BCUT2D eigenvalue weighted by Gasteiger charge is 2.19. The van der Waals surface area contributed by atoms with Crippen molar-refractivity contribution in [3.05, 3.63) is 36.5 Å². The Morgan fingerprint density at radius 1 is 0.389 bits per heavy atom. The standard InChI is InChI=1S/C48H86O6/c1-4-7-10-13-15-17-19-21-22-23-24-25-27-28-30-32-35-38-41-47(50)53-44-45(43-52-46(49)40-37-34-12-9-6-3)54-48(51)42-39-36-33-31-29-26-20-18-16-14-11-8-5-2/h8,11,16,18,26,29,45H,4-7,9-10,12-15,17,19-25,27-28,30-44H2,1-3H3/b11-8-,18-16-,29-26-. The van der Waals surface area contributed by atoms with Gasteiger partial charge in [-0.3, -0.25) is 14.4 Å². The molecular formula is C48H86O6. The Balaban J connectivity index is 4.19. The summed E-state index contributed by atoms with van der Waals surface area (Å²) in [5, 5.41) is 0. The zero-order valence-corrected chi connectivity index (χ0v) is 35.7. The fourth-order valence-electron chi connectivity index (χ4n) is 6.46. The van der Waals surface area contributed by atoms with Crippen LogP contribution in [-0.4, -0.2) is 37.2 Å². The number of allylic oxidation sites excluding steroid dienone is 6. The van der Waals surface area contributed by atoms with Crippen LogP contribution in [0.3, 0.4) is 0 Å². The van der Waals surface area contributed by atoms with Gasteiger partial charge in [-0.1, -0.05) is 198 Å². The first-order valence-corrected chi connectivity index (χ1v) is 23.0. The first-order valence-electron chi connectivity index (χ1n) is 23.0. The molecule has 0 radical (unpaired) electrons. The molecular weight excluding hydrogens is 673 g/mol. The van der Waals surface area contributed by atoms with E-state index in [1.54, 1.807) is 0 Å². The van der Waals surface area contributed by atoms with Gasteiger partial charge in [0.05, 0.1) is 0 Å². The molecule has 0 aromatic carbocycles. The lowest BCUT2D eigenvalue weighted by molar-refractivity contribution is -0.167. The number of rotatable bonds is 41. The van der Waals surface area contributed by atoms with Crippen LogP contribution in [0.25, 0.3) is 0 Å². The van der Waals surface area contributed by atoms with Crippen molar-refractivity contribution in [3.8, 4) is 0 Å². The highest BCUT2D eigenvalue weighted by atomic mass is 16.6. The number of carbonyl (C=O) groups excluding carboxylic acids is 3. The molecule has 0 spiro atoms. The summed E-state index contributed by atoms with van der Waals surface area (Å²) in [5.41, 5.74) is 0. The van der Waals surface area contributed by atoms with Gasteiger partial charge in [0, 0.05) is 19.3 Å². The van der Waals surface area contributed by atoms with E-state index < -0.39 is 6.10 Å². The maximum atomic E-state index is 12.6. The van der Waals surface area contributed by atoms with E-state index in [1.807, 2.05) is 0 Å². The van der Waals surface area contributed by atoms with Crippen molar-refractivity contribution in [2.24, 2.45) is 0 Å². The van der Waals surface area contributed by atoms with E-state index in [0.717, 1.165) is 89.9 Å². The molecule has 0 aliphatic carbocycles. The third kappa shape index (κ3) is 40.8. The van der Waals surface area contributed by atoms with Crippen molar-refractivity contribution in [1.82, 2.24) is 0 Å². The fraction of sp³-hybridized carbons (Fsp3) is 0.812. The predicted octanol–water partition coefficient (Wildman–Crippen LogP) is 14.6. The topological polar surface area (TPSA) is 78.9 Å². The molecule has 314 valence electrons. The molecule has 1 unspecified atom stereocenters. The predicted molar refractivity (Wildman–Crippen MR) is 229 cm³/mol. The maximum absolute atomic E-state index is 12.6. The van der Waals surface area contributed by atoms with Crippen LogP contribution in [0, 0.1) is 0 Å². The minimum Gasteiger partial charge on any atom is -0.462 e. The van der Waals surface area contributed by atoms with Gasteiger partial charge in [-0.25, -0.2) is 0 Å². The number of esters is 3. The largest absolute Gasteiger partial charge is 0.462 e. The molecule has 6 heteroatoms. The lowest BCUT2D eigenvalue weighted by atomic mass is 10.0. The maximum Gasteiger partial charge on any atom is 0.306 e. The normalized spacial score (nSPS) is 12.3. The van der Waals surface area contributed by atoms with Crippen molar-refractivity contribution >= 4 is 17.9 Å². The van der Waals surface area contributed by atoms with E-state index in [2.05, 4.69) is 57.2 Å². The fourth-order valence-corrected chi connectivity index (χ4v) is 6.46. The van der Waals surface area contributed by atoms with Crippen molar-refractivity contribution in [1.29, 1.82) is 0 Å². The zero-order chi connectivity index (χ0) is 39.4. The Morgan fingerprint density at radius 2 is 0.722 bits per heavy atom. The lowest BCUT2D eigenvalue weighted by Gasteiger charge is -2.18. The summed E-state index contributed by atoms with van der Waals surface area (Å²) in [4.78, 5) is 37.5. The van der Waals surface area contributed by atoms with Gasteiger partial charge in [0.1, 0.15) is 13.2 Å². The number of unbranched alkanes of at least 4 members (excludes halogenated alkanes) is 24. The third-order valence-corrected chi connectivity index (χ3v) is 9.91. The Hall–Kier alpha value is -2.37. The summed E-state index contributed by atoms with van der Waals surface area (Å²) in [6.07, 6.45) is 48.8. The second-order valence-electron chi connectivity index (χ2n) is 15.3. The molecule has 0 aromatic rings. The molecule has 1 atom stereocenters. The van der Waals surface area contributed by atoms with Gasteiger partial charge in [-0.15, -0.1) is 0 Å². The van der Waals surface area contributed by atoms with Crippen LogP contribution in [0.4, 0.5) is 0 Å². The second kappa shape index (κ2) is 43.4. The first kappa shape index (κ1) is 51.6. The molecule has 0 bridgehead atoms. The van der Waals surface area contributed by atoms with Gasteiger partial charge in [0.2, 0.25) is 0 Å². The Morgan fingerprint density at radius 3 is 1.13 bits per heavy atom. The molecule has 0 N–H and O–H groups in total. The van der Waals surface area contributed by atoms with Crippen LogP contribution in [0.15, 0.2) is 36.5 Å². The van der Waals surface area contributed by atoms with E-state index in [1.165, 1.54) is 103 Å². The van der Waals surface area contributed by atoms with Gasteiger partial charge < -0.3 is 14.2 Å². The quantitative estimate of drug-likeness (QED) is 0.0267. The van der Waals surface area contributed by atoms with Gasteiger partial charge >= 0.3 is 17.9 Å². The van der Waals surface area contributed by atoms with Crippen molar-refractivity contribution in [3.63, 3.8) is 0 Å². The number of hydrogen-bond acceptors (Lipinski definition) is 6. The molecule has 0 aliphatic heterocycles. The molecule has 6 nitrogen and oxygen atoms in total. The molecule has 0 saturated heterocycles. The molecule has 0 fully saturated rings. The number of hydrogen-bond donors (Lipinski definition) is 0. The van der Waals surface area contributed by atoms with Gasteiger partial charge in [-0.2, -0.15) is 0 Å². The van der Waals surface area contributed by atoms with Crippen molar-refractivity contribution < 1.29 is 28.6 Å². The third-order valence-electron chi connectivity index (χ3n) is 9.91. The van der Waals surface area contributed by atoms with E-state index in [-0.39, 0.29) is 31.1 Å². The number of ether oxygens (including phenoxy) is 3. The first-order chi connectivity index (χ1) is 26.5. The smallest absolute Gasteiger partial charge is 0.306 e. The Labute approximate surface area is 334 Å². The van der Waals surface area contributed by atoms with Crippen LogP contribution in [0.5, 0.6) is 0 Å². The minimum absolute atomic E-state index is 0.0818. The van der Waals surface area contributed by atoms with E-state index in [9.17, 15) is 14.4 Å². The van der Waals surface area contributed by atoms with E-state index in [4.69, 9.17) is 14.2 Å². The van der Waals surface area contributed by atoms with Crippen LogP contribution in [0.2, 0.25) is 0 Å². The Kier molecular flexibility index (Phi) is 41.5. The summed E-state index contributed by atoms with van der Waals surface area (Å²) in [6, 6.07) is 0. The second-order valence-corrected chi connectivity index (χ2v) is 15.3. The van der Waals surface area contributed by atoms with Crippen LogP contribution in [0.1, 0.15) is 233 Å². The van der Waals surface area contributed by atoms with E-state index >= 15 is 0 Å². The molecule has 0 rings (SSSR count). The summed E-state index contributed by atoms with van der Waals surface area (Å²) in [6.45, 7) is 6.42. The highest BCUT2D eigenvalue weighted by molar-refractivity contribution is 5.71. The van der Waals surface area contributed by atoms with Crippen LogP contribution in [-0.2, 0) is 28.6 Å². The summed E-state index contributed by atoms with van der Waals surface area (Å²) < 4.78 is 16.6. The molecule has 0 aromatic heterocycles. The van der Waals surface area contributed by atoms with Crippen LogP contribution < -0.4 is 0 Å². The minimum atomic E-state index is -0.778. The monoisotopic (exact) mass is 759 g/mol. The van der Waals surface area contributed by atoms with E-state index in [0.29, 0.717) is 19.3 Å². The number of carbonyl (C=O) groups is 3. The van der Waals surface area contributed by atoms with Gasteiger partial charge in [0.15, 0.2) is 6.10 Å². The van der Waals surface area contributed by atoms with Gasteiger partial charge in [-0.05, 0) is 51.4 Å². The summed E-state index contributed by atoms with van der Waals surface area (Å²) in [7, 11) is 0. The zero-order valence-electron chi connectivity index (χ0n) is 35.7. The highest BCUT2D eigenvalue weighted by Crippen LogP contribution is 2.15. The SMILES string of the molecule is CC/C=C\C/C=C\C/C=C\CCCCCC(=O)OC(COC(=O)CCCCCCC)COC(=O)CCCCCCCCCCCCCCCCCCCC. The molecule has 0 amide bonds. The Bertz CT molecular complexity index is 922. The van der Waals surface area contributed by atoms with Gasteiger partial charge in [0.25, 0.3) is 0 Å². The average molecular weight is 759 g/mol. The molecule has 0 saturated carbocycles. The molecule has 0 aliphatic rings. The lowest BCUT2D eigenvalue weighted by Crippen LogP contribution is -2.30. The molecule has 0 heterocycles. The average Bonchev–Trinajstić information content (AvgIpc) is 3.17. The molecule has 54 heavy (non-hydrogen) atoms. The van der Waals surface area contributed by atoms with Crippen molar-refractivity contribution in [2.75, 3.05) is 13.2 Å². The van der Waals surface area contributed by atoms with Crippen LogP contribution >= 0.6 is 0 Å². The van der Waals surface area contributed by atoms with Crippen molar-refractivity contribution in [2.45, 2.75) is 239 Å².